The minimum absolute atomic E-state index is 0.0396. The van der Waals surface area contributed by atoms with Gasteiger partial charge in [0.25, 0.3) is 0 Å². The van der Waals surface area contributed by atoms with E-state index >= 15 is 0 Å². The van der Waals surface area contributed by atoms with Crippen LogP contribution in [-0.2, 0) is 40.6 Å². The van der Waals surface area contributed by atoms with Gasteiger partial charge < -0.3 is 30.4 Å². The van der Waals surface area contributed by atoms with Gasteiger partial charge >= 0.3 is 11.9 Å². The molecular weight excluding hydrogens is 542 g/mol. The number of nitrogens with two attached hydrogens (primary N) is 1. The molecule has 1 saturated heterocycles. The molecule has 5 atom stereocenters. The van der Waals surface area contributed by atoms with Crippen LogP contribution in [-0.4, -0.2) is 68.5 Å². The molecule has 1 aromatic carbocycles. The van der Waals surface area contributed by atoms with Crippen LogP contribution in [0.5, 0.6) is 0 Å². The van der Waals surface area contributed by atoms with Crippen LogP contribution in [0, 0.1) is 11.3 Å². The van der Waals surface area contributed by atoms with Gasteiger partial charge in [-0.15, -0.1) is 0 Å². The van der Waals surface area contributed by atoms with E-state index in [1.807, 2.05) is 30.3 Å². The quantitative estimate of drug-likeness (QED) is 0.319. The van der Waals surface area contributed by atoms with Crippen molar-refractivity contribution in [2.24, 2.45) is 17.1 Å². The molecule has 0 radical (unpaired) electrons. The number of anilines is 1. The van der Waals surface area contributed by atoms with Crippen molar-refractivity contribution < 1.29 is 33.7 Å². The van der Waals surface area contributed by atoms with Crippen LogP contribution >= 0.6 is 0 Å². The van der Waals surface area contributed by atoms with E-state index in [0.29, 0.717) is 11.2 Å². The zero-order valence-corrected chi connectivity index (χ0v) is 24.7. The van der Waals surface area contributed by atoms with Crippen LogP contribution in [0.1, 0.15) is 52.8 Å². The second-order valence-corrected chi connectivity index (χ2v) is 12.1. The normalized spacial score (nSPS) is 23.1. The van der Waals surface area contributed by atoms with E-state index in [1.54, 1.807) is 53.7 Å². The smallest absolute Gasteiger partial charge is 0.323 e. The first-order chi connectivity index (χ1) is 19.7. The van der Waals surface area contributed by atoms with Gasteiger partial charge in [0.05, 0.1) is 12.1 Å². The monoisotopic (exact) mass is 581 g/mol. The van der Waals surface area contributed by atoms with Gasteiger partial charge in [-0.2, -0.15) is 5.10 Å². The second kappa shape index (κ2) is 12.2. The number of hydrogen-bond acceptors (Lipinski definition) is 10. The second-order valence-electron chi connectivity index (χ2n) is 12.1. The molecule has 1 amide bonds. The molecule has 0 aliphatic carbocycles. The first-order valence-electron chi connectivity index (χ1n) is 13.9. The summed E-state index contributed by atoms with van der Waals surface area (Å²) >= 11 is 0. The Morgan fingerprint density at radius 1 is 1.17 bits per heavy atom. The van der Waals surface area contributed by atoms with Crippen molar-refractivity contribution >= 4 is 29.2 Å². The maximum atomic E-state index is 13.0. The van der Waals surface area contributed by atoms with Crippen molar-refractivity contribution in [1.29, 1.82) is 0 Å². The fraction of sp³-hybridized carbons (Fsp3) is 0.500. The summed E-state index contributed by atoms with van der Waals surface area (Å²) in [6.45, 7) is 10.3. The molecule has 226 valence electrons. The van der Waals surface area contributed by atoms with Crippen molar-refractivity contribution in [3.8, 4) is 0 Å². The number of aliphatic hydroxyl groups is 1. The third-order valence-electron chi connectivity index (χ3n) is 7.40. The fourth-order valence-corrected chi connectivity index (χ4v) is 4.67. The maximum Gasteiger partial charge on any atom is 0.323 e. The van der Waals surface area contributed by atoms with Gasteiger partial charge in [-0.05, 0) is 30.0 Å². The Morgan fingerprint density at radius 2 is 1.86 bits per heavy atom. The molecular formula is C30H39N5O7. The molecule has 1 aliphatic rings. The fourth-order valence-electron chi connectivity index (χ4n) is 4.67. The Bertz CT molecular complexity index is 1430. The largest absolute Gasteiger partial charge is 0.463 e. The topological polar surface area (TPSA) is 167 Å². The van der Waals surface area contributed by atoms with Gasteiger partial charge in [0, 0.05) is 5.92 Å². The van der Waals surface area contributed by atoms with E-state index in [4.69, 9.17) is 19.9 Å². The van der Waals surface area contributed by atoms with E-state index < -0.39 is 47.3 Å². The Hall–Kier alpha value is -3.87. The standard InChI is InChI=1S/C30H39N5O7/c1-17(2)27(38)34-26-19-12-13-21(35(19)33-16-32-26)30(6)25(37)23(41-28(39)24(31)29(3,4)5)20(42-30)15-40-22(36)14-18-10-8-7-9-11-18/h7-13,16-17,20,23-25,37H,14-15,31H2,1-6H3,(H,32,33,34,38)/t20-,23-,24-,25-,30+/m1/s1. The molecule has 0 unspecified atom stereocenters. The van der Waals surface area contributed by atoms with Gasteiger partial charge in [-0.1, -0.05) is 65.0 Å². The van der Waals surface area contributed by atoms with Gasteiger partial charge in [-0.3, -0.25) is 14.4 Å². The highest BCUT2D eigenvalue weighted by Gasteiger charge is 2.56. The summed E-state index contributed by atoms with van der Waals surface area (Å²) in [5.74, 6) is -1.43. The molecule has 12 nitrogen and oxygen atoms in total. The SMILES string of the molecule is CC(C)C(=O)Nc1ncnn2c([C@]3(C)O[C@H](COC(=O)Cc4ccccc4)[C@@H](OC(=O)[C@@H](N)C(C)(C)C)[C@H]3O)ccc12. The van der Waals surface area contributed by atoms with Crippen LogP contribution in [0.15, 0.2) is 48.8 Å². The predicted octanol–water partition coefficient (Wildman–Crippen LogP) is 2.37. The number of amides is 1. The lowest BCUT2D eigenvalue weighted by Crippen LogP contribution is -2.49. The minimum atomic E-state index is -1.46. The van der Waals surface area contributed by atoms with E-state index in [2.05, 4.69) is 15.4 Å². The number of aromatic nitrogens is 3. The summed E-state index contributed by atoms with van der Waals surface area (Å²) in [6, 6.07) is 11.5. The Morgan fingerprint density at radius 3 is 2.50 bits per heavy atom. The third kappa shape index (κ3) is 6.45. The molecule has 0 bridgehead atoms. The van der Waals surface area contributed by atoms with Gasteiger partial charge in [0.1, 0.15) is 42.3 Å². The summed E-state index contributed by atoms with van der Waals surface area (Å²) in [7, 11) is 0. The molecule has 12 heteroatoms. The van der Waals surface area contributed by atoms with Crippen molar-refractivity contribution in [3.05, 3.63) is 60.0 Å². The van der Waals surface area contributed by atoms with E-state index in [0.717, 1.165) is 5.56 Å². The van der Waals surface area contributed by atoms with Crippen LogP contribution in [0.2, 0.25) is 0 Å². The average Bonchev–Trinajstić information content (AvgIpc) is 3.48. The van der Waals surface area contributed by atoms with Crippen molar-refractivity contribution in [1.82, 2.24) is 14.6 Å². The van der Waals surface area contributed by atoms with Gasteiger partial charge in [0.15, 0.2) is 11.9 Å². The number of rotatable bonds is 9. The first-order valence-corrected chi connectivity index (χ1v) is 13.9. The highest BCUT2D eigenvalue weighted by molar-refractivity contribution is 5.94. The number of carbonyl (C=O) groups is 3. The van der Waals surface area contributed by atoms with Crippen LogP contribution in [0.4, 0.5) is 5.82 Å². The number of fused-ring (bicyclic) bond motifs is 1. The Balaban J connectivity index is 1.63. The molecule has 0 spiro atoms. The molecule has 1 fully saturated rings. The third-order valence-corrected chi connectivity index (χ3v) is 7.40. The Labute approximate surface area is 244 Å². The first kappa shape index (κ1) is 31.1. The van der Waals surface area contributed by atoms with Gasteiger partial charge in [-0.25, -0.2) is 9.50 Å². The molecule has 4 N–H and O–H groups in total. The molecule has 42 heavy (non-hydrogen) atoms. The average molecular weight is 582 g/mol. The summed E-state index contributed by atoms with van der Waals surface area (Å²) in [4.78, 5) is 42.2. The summed E-state index contributed by atoms with van der Waals surface area (Å²) in [5.41, 5.74) is 5.74. The van der Waals surface area contributed by atoms with Crippen LogP contribution in [0.3, 0.4) is 0 Å². The lowest BCUT2D eigenvalue weighted by Gasteiger charge is -2.29. The summed E-state index contributed by atoms with van der Waals surface area (Å²) < 4.78 is 19.1. The number of nitrogens with zero attached hydrogens (tertiary/aromatic N) is 3. The lowest BCUT2D eigenvalue weighted by molar-refractivity contribution is -0.163. The zero-order valence-electron chi connectivity index (χ0n) is 24.7. The van der Waals surface area contributed by atoms with Crippen LogP contribution < -0.4 is 11.1 Å². The lowest BCUT2D eigenvalue weighted by atomic mass is 9.87. The molecule has 2 aromatic heterocycles. The predicted molar refractivity (Wildman–Crippen MR) is 153 cm³/mol. The van der Waals surface area contributed by atoms with Crippen molar-refractivity contribution in [2.45, 2.75) is 77.9 Å². The summed E-state index contributed by atoms with van der Waals surface area (Å²) in [5, 5.41) is 18.7. The molecule has 3 aromatic rings. The molecule has 1 aliphatic heterocycles. The minimum Gasteiger partial charge on any atom is -0.463 e. The number of hydrogen-bond donors (Lipinski definition) is 3. The van der Waals surface area contributed by atoms with E-state index in [-0.39, 0.29) is 30.7 Å². The molecule has 3 heterocycles. The maximum absolute atomic E-state index is 13.0. The van der Waals surface area contributed by atoms with Crippen LogP contribution in [0.25, 0.3) is 5.52 Å². The molecule has 0 saturated carbocycles. The number of nitrogens with one attached hydrogen (secondary N) is 1. The van der Waals surface area contributed by atoms with Crippen molar-refractivity contribution in [2.75, 3.05) is 11.9 Å². The van der Waals surface area contributed by atoms with E-state index in [1.165, 1.54) is 10.8 Å². The zero-order chi connectivity index (χ0) is 30.8. The summed E-state index contributed by atoms with van der Waals surface area (Å²) in [6.07, 6.45) is -2.31. The number of benzene rings is 1. The van der Waals surface area contributed by atoms with Crippen molar-refractivity contribution in [3.63, 3.8) is 0 Å². The van der Waals surface area contributed by atoms with E-state index in [9.17, 15) is 19.5 Å². The molecule has 4 rings (SSSR count). The number of esters is 2. The highest BCUT2D eigenvalue weighted by atomic mass is 16.6. The number of aliphatic hydroxyl groups excluding tert-OH is 1. The number of carbonyl (C=O) groups excluding carboxylic acids is 3. The van der Waals surface area contributed by atoms with Gasteiger partial charge in [0.2, 0.25) is 5.91 Å². The highest BCUT2D eigenvalue weighted by Crippen LogP contribution is 2.42. The Kier molecular flexibility index (Phi) is 9.00. The number of ether oxygens (including phenoxy) is 3.